The van der Waals surface area contributed by atoms with E-state index in [4.69, 9.17) is 9.52 Å². The van der Waals surface area contributed by atoms with E-state index in [-0.39, 0.29) is 36.0 Å². The highest BCUT2D eigenvalue weighted by atomic mass is 16.4. The molecule has 1 unspecified atom stereocenters. The average Bonchev–Trinajstić information content (AvgIpc) is 3.43. The number of hydrogen-bond donors (Lipinski definition) is 1. The van der Waals surface area contributed by atoms with Crippen LogP contribution in [0.2, 0.25) is 0 Å². The summed E-state index contributed by atoms with van der Waals surface area (Å²) in [6.07, 6.45) is 5.94. The molecule has 2 fully saturated rings. The second kappa shape index (κ2) is 8.02. The summed E-state index contributed by atoms with van der Waals surface area (Å²) in [4.78, 5) is 42.6. The van der Waals surface area contributed by atoms with Crippen LogP contribution in [0.5, 0.6) is 0 Å². The molecule has 11 heteroatoms. The minimum Gasteiger partial charge on any atom is -0.476 e. The Balaban J connectivity index is 1.22. The van der Waals surface area contributed by atoms with Crippen molar-refractivity contribution in [2.45, 2.75) is 44.7 Å². The fourth-order valence-electron chi connectivity index (χ4n) is 3.82. The van der Waals surface area contributed by atoms with Crippen LogP contribution in [0, 0.1) is 0 Å². The predicted octanol–water partition coefficient (Wildman–Crippen LogP) is 0.169. The number of piperazine rings is 1. The Morgan fingerprint density at radius 1 is 1.31 bits per heavy atom. The summed E-state index contributed by atoms with van der Waals surface area (Å²) in [5.41, 5.74) is 0.593. The van der Waals surface area contributed by atoms with Gasteiger partial charge < -0.3 is 19.3 Å². The normalized spacial score (nSPS) is 18.9. The maximum Gasteiger partial charge on any atom is 0.357 e. The highest BCUT2D eigenvalue weighted by Crippen LogP contribution is 2.23. The molecule has 2 aliphatic heterocycles. The van der Waals surface area contributed by atoms with Crippen molar-refractivity contribution in [1.82, 2.24) is 29.8 Å². The Labute approximate surface area is 166 Å². The van der Waals surface area contributed by atoms with Crippen molar-refractivity contribution in [3.8, 4) is 0 Å². The number of rotatable bonds is 7. The first-order chi connectivity index (χ1) is 14.0. The molecule has 0 bridgehead atoms. The van der Waals surface area contributed by atoms with Crippen LogP contribution >= 0.6 is 0 Å². The number of carboxylic acids is 1. The van der Waals surface area contributed by atoms with Crippen molar-refractivity contribution in [2.75, 3.05) is 19.6 Å². The highest BCUT2D eigenvalue weighted by Gasteiger charge is 2.36. The lowest BCUT2D eigenvalue weighted by atomic mass is 10.1. The molecule has 2 aromatic heterocycles. The summed E-state index contributed by atoms with van der Waals surface area (Å²) in [5, 5.41) is 16.9. The number of fused-ring (bicyclic) bond motifs is 1. The van der Waals surface area contributed by atoms with E-state index in [1.807, 2.05) is 9.80 Å². The molecule has 0 aliphatic carbocycles. The van der Waals surface area contributed by atoms with Gasteiger partial charge in [-0.25, -0.2) is 14.5 Å². The van der Waals surface area contributed by atoms with Crippen molar-refractivity contribution in [3.63, 3.8) is 0 Å². The average molecular weight is 402 g/mol. The molecule has 11 nitrogen and oxygen atoms in total. The van der Waals surface area contributed by atoms with Gasteiger partial charge in [-0.15, -0.1) is 5.10 Å². The number of aromatic carboxylic acids is 1. The third-order valence-corrected chi connectivity index (χ3v) is 5.32. The van der Waals surface area contributed by atoms with E-state index in [0.717, 1.165) is 18.4 Å². The van der Waals surface area contributed by atoms with E-state index in [1.54, 1.807) is 6.20 Å². The second-order valence-corrected chi connectivity index (χ2v) is 7.31. The molecule has 2 saturated heterocycles. The van der Waals surface area contributed by atoms with Crippen molar-refractivity contribution < 1.29 is 23.9 Å². The van der Waals surface area contributed by atoms with Gasteiger partial charge in [-0.2, -0.15) is 0 Å². The zero-order valence-corrected chi connectivity index (χ0v) is 15.9. The Bertz CT molecular complexity index is 921. The first-order valence-electron chi connectivity index (χ1n) is 9.63. The van der Waals surface area contributed by atoms with E-state index in [1.165, 1.54) is 4.68 Å². The number of carboxylic acid groups (broad SMARTS) is 1. The molecule has 1 N–H and O–H groups in total. The van der Waals surface area contributed by atoms with Gasteiger partial charge in [0, 0.05) is 44.7 Å². The summed E-state index contributed by atoms with van der Waals surface area (Å²) in [6, 6.07) is 0.178. The predicted molar refractivity (Wildman–Crippen MR) is 96.8 cm³/mol. The van der Waals surface area contributed by atoms with E-state index in [9.17, 15) is 14.4 Å². The van der Waals surface area contributed by atoms with Crippen LogP contribution in [0.1, 0.15) is 47.8 Å². The lowest BCUT2D eigenvalue weighted by Gasteiger charge is -2.37. The van der Waals surface area contributed by atoms with Crippen LogP contribution in [0.15, 0.2) is 16.9 Å². The van der Waals surface area contributed by atoms with Crippen LogP contribution in [-0.4, -0.2) is 78.3 Å². The number of aryl methyl sites for hydroxylation is 1. The SMILES string of the molecule is O=C(O)c1coc(Cn2cc(CCCC(=O)N3CCN4C(=O)CCC4C3)nn2)n1. The van der Waals surface area contributed by atoms with Gasteiger partial charge in [0.05, 0.1) is 5.69 Å². The third-order valence-electron chi connectivity index (χ3n) is 5.32. The molecule has 2 aromatic rings. The molecule has 0 spiro atoms. The standard InChI is InChI=1S/C18H22N6O5/c25-16(22-6-7-24-13(9-22)4-5-17(24)26)3-1-2-12-8-23(21-20-12)10-15-19-14(11-29-15)18(27)28/h8,11,13H,1-7,9-10H2,(H,27,28). The van der Waals surface area contributed by atoms with Gasteiger partial charge in [0.2, 0.25) is 17.7 Å². The number of hydrogen-bond acceptors (Lipinski definition) is 7. The molecule has 0 aromatic carbocycles. The van der Waals surface area contributed by atoms with Crippen LogP contribution in [0.4, 0.5) is 0 Å². The number of oxazole rings is 1. The van der Waals surface area contributed by atoms with Gasteiger partial charge in [0.1, 0.15) is 12.8 Å². The van der Waals surface area contributed by atoms with E-state index >= 15 is 0 Å². The summed E-state index contributed by atoms with van der Waals surface area (Å²) in [5.74, 6) is -0.602. The number of aromatic nitrogens is 4. The topological polar surface area (TPSA) is 135 Å². The molecule has 29 heavy (non-hydrogen) atoms. The maximum atomic E-state index is 12.5. The molecular formula is C18H22N6O5. The minimum atomic E-state index is -1.15. The summed E-state index contributed by atoms with van der Waals surface area (Å²) < 4.78 is 6.62. The molecule has 2 aliphatic rings. The van der Waals surface area contributed by atoms with Gasteiger partial charge in [-0.3, -0.25) is 9.59 Å². The fourth-order valence-corrected chi connectivity index (χ4v) is 3.82. The fraction of sp³-hybridized carbons (Fsp3) is 0.556. The second-order valence-electron chi connectivity index (χ2n) is 7.31. The first-order valence-corrected chi connectivity index (χ1v) is 9.63. The summed E-state index contributed by atoms with van der Waals surface area (Å²) in [6.45, 7) is 2.05. The van der Waals surface area contributed by atoms with Crippen LogP contribution in [0.25, 0.3) is 0 Å². The van der Waals surface area contributed by atoms with Gasteiger partial charge >= 0.3 is 5.97 Å². The Kier molecular flexibility index (Phi) is 5.28. The van der Waals surface area contributed by atoms with E-state index in [0.29, 0.717) is 45.3 Å². The quantitative estimate of drug-likeness (QED) is 0.692. The Hall–Kier alpha value is -3.24. The van der Waals surface area contributed by atoms with Gasteiger partial charge in [0.25, 0.3) is 0 Å². The highest BCUT2D eigenvalue weighted by molar-refractivity contribution is 5.84. The maximum absolute atomic E-state index is 12.5. The first kappa shape index (κ1) is 19.1. The smallest absolute Gasteiger partial charge is 0.357 e. The van der Waals surface area contributed by atoms with Gasteiger partial charge in [-0.1, -0.05) is 5.21 Å². The monoisotopic (exact) mass is 402 g/mol. The molecular weight excluding hydrogens is 380 g/mol. The number of carbonyl (C=O) groups is 3. The Morgan fingerprint density at radius 3 is 2.97 bits per heavy atom. The van der Waals surface area contributed by atoms with Crippen molar-refractivity contribution in [1.29, 1.82) is 0 Å². The molecule has 2 amide bonds. The van der Waals surface area contributed by atoms with Crippen molar-refractivity contribution in [2.24, 2.45) is 0 Å². The molecule has 4 rings (SSSR count). The number of amides is 2. The molecule has 0 radical (unpaired) electrons. The van der Waals surface area contributed by atoms with Gasteiger partial charge in [-0.05, 0) is 19.3 Å². The van der Waals surface area contributed by atoms with Crippen LogP contribution in [0.3, 0.4) is 0 Å². The van der Waals surface area contributed by atoms with Crippen molar-refractivity contribution >= 4 is 17.8 Å². The summed E-state index contributed by atoms with van der Waals surface area (Å²) >= 11 is 0. The molecule has 4 heterocycles. The van der Waals surface area contributed by atoms with Crippen LogP contribution < -0.4 is 0 Å². The largest absolute Gasteiger partial charge is 0.476 e. The van der Waals surface area contributed by atoms with E-state index < -0.39 is 5.97 Å². The van der Waals surface area contributed by atoms with Crippen molar-refractivity contribution in [3.05, 3.63) is 29.7 Å². The minimum absolute atomic E-state index is 0.109. The zero-order chi connectivity index (χ0) is 20.4. The molecule has 154 valence electrons. The zero-order valence-electron chi connectivity index (χ0n) is 15.9. The number of carbonyl (C=O) groups excluding carboxylic acids is 2. The van der Waals surface area contributed by atoms with Crippen LogP contribution in [-0.2, 0) is 22.6 Å². The third kappa shape index (κ3) is 4.28. The summed E-state index contributed by atoms with van der Waals surface area (Å²) in [7, 11) is 0. The molecule has 0 saturated carbocycles. The lowest BCUT2D eigenvalue weighted by Crippen LogP contribution is -2.53. The van der Waals surface area contributed by atoms with E-state index in [2.05, 4.69) is 15.3 Å². The lowest BCUT2D eigenvalue weighted by molar-refractivity contribution is -0.139. The number of nitrogens with zero attached hydrogens (tertiary/aromatic N) is 6. The molecule has 1 atom stereocenters. The Morgan fingerprint density at radius 2 is 2.17 bits per heavy atom. The van der Waals surface area contributed by atoms with Gasteiger partial charge in [0.15, 0.2) is 5.69 Å².